The molecule has 0 bridgehead atoms. The number of hydrogen-bond acceptors (Lipinski definition) is 4. The lowest BCUT2D eigenvalue weighted by molar-refractivity contribution is 0.0572. The lowest BCUT2D eigenvalue weighted by Crippen LogP contribution is -2.42. The maximum atomic E-state index is 12.8. The van der Waals surface area contributed by atoms with Gasteiger partial charge in [0, 0.05) is 31.8 Å². The average Bonchev–Trinajstić information content (AvgIpc) is 2.49. The number of rotatable bonds is 4. The molecule has 1 atom stereocenters. The highest BCUT2D eigenvalue weighted by atomic mass is 35.5. The molecule has 1 unspecified atom stereocenters. The second-order valence-electron chi connectivity index (χ2n) is 4.94. The van der Waals surface area contributed by atoms with Crippen LogP contribution in [0.2, 0.25) is 10.0 Å². The molecular formula is C13H18Cl2N2O3S. The number of halogens is 2. The van der Waals surface area contributed by atoms with E-state index in [0.29, 0.717) is 23.7 Å². The van der Waals surface area contributed by atoms with Crippen LogP contribution in [0.3, 0.4) is 0 Å². The SMILES string of the molecule is COC1CCCN(S(=O)(=O)c2cc(Cl)cc(CN)c2Cl)C1. The summed E-state index contributed by atoms with van der Waals surface area (Å²) in [6.45, 7) is 0.894. The van der Waals surface area contributed by atoms with Crippen molar-refractivity contribution in [1.82, 2.24) is 4.31 Å². The molecule has 1 saturated heterocycles. The molecule has 118 valence electrons. The summed E-state index contributed by atoms with van der Waals surface area (Å²) in [5.41, 5.74) is 6.10. The Labute approximate surface area is 135 Å². The summed E-state index contributed by atoms with van der Waals surface area (Å²) in [6.07, 6.45) is 1.50. The number of nitrogens with two attached hydrogens (primary N) is 1. The van der Waals surface area contributed by atoms with Gasteiger partial charge in [-0.25, -0.2) is 8.42 Å². The van der Waals surface area contributed by atoms with Crippen LogP contribution in [0.5, 0.6) is 0 Å². The van der Waals surface area contributed by atoms with Gasteiger partial charge in [0.25, 0.3) is 0 Å². The first kappa shape index (κ1) is 17.0. The largest absolute Gasteiger partial charge is 0.380 e. The summed E-state index contributed by atoms with van der Waals surface area (Å²) >= 11 is 12.2. The zero-order valence-electron chi connectivity index (χ0n) is 11.7. The third-order valence-electron chi connectivity index (χ3n) is 3.59. The summed E-state index contributed by atoms with van der Waals surface area (Å²) in [5.74, 6) is 0. The zero-order chi connectivity index (χ0) is 15.6. The van der Waals surface area contributed by atoms with E-state index in [2.05, 4.69) is 0 Å². The summed E-state index contributed by atoms with van der Waals surface area (Å²) in [4.78, 5) is 0.00821. The molecule has 0 amide bonds. The summed E-state index contributed by atoms with van der Waals surface area (Å²) in [6, 6.07) is 2.95. The lowest BCUT2D eigenvalue weighted by Gasteiger charge is -2.31. The highest BCUT2D eigenvalue weighted by Gasteiger charge is 2.32. The number of hydrogen-bond donors (Lipinski definition) is 1. The number of nitrogens with zero attached hydrogens (tertiary/aromatic N) is 1. The Bertz CT molecular complexity index is 622. The van der Waals surface area contributed by atoms with Crippen LogP contribution in [0, 0.1) is 0 Å². The summed E-state index contributed by atoms with van der Waals surface area (Å²) < 4.78 is 32.2. The molecule has 0 spiro atoms. The predicted molar refractivity (Wildman–Crippen MR) is 83.1 cm³/mol. The standard InChI is InChI=1S/C13H18Cl2N2O3S/c1-20-11-3-2-4-17(8-11)21(18,19)12-6-10(14)5-9(7-16)13(12)15/h5-6,11H,2-4,7-8,16H2,1H3. The quantitative estimate of drug-likeness (QED) is 0.901. The fraction of sp³-hybridized carbons (Fsp3) is 0.538. The van der Waals surface area contributed by atoms with Crippen molar-refractivity contribution in [2.45, 2.75) is 30.4 Å². The minimum atomic E-state index is -3.71. The molecule has 5 nitrogen and oxygen atoms in total. The van der Waals surface area contributed by atoms with Crippen molar-refractivity contribution in [3.63, 3.8) is 0 Å². The van der Waals surface area contributed by atoms with Gasteiger partial charge in [-0.3, -0.25) is 0 Å². The maximum absolute atomic E-state index is 12.8. The molecule has 2 rings (SSSR count). The van der Waals surface area contributed by atoms with Gasteiger partial charge in [-0.05, 0) is 30.5 Å². The molecule has 2 N–H and O–H groups in total. The Kier molecular flexibility index (Phi) is 5.51. The molecule has 1 heterocycles. The van der Waals surface area contributed by atoms with Gasteiger partial charge in [0.2, 0.25) is 10.0 Å². The van der Waals surface area contributed by atoms with E-state index in [1.807, 2.05) is 0 Å². The van der Waals surface area contributed by atoms with Crippen LogP contribution >= 0.6 is 23.2 Å². The molecule has 0 aromatic heterocycles. The number of benzene rings is 1. The van der Waals surface area contributed by atoms with Gasteiger partial charge in [0.05, 0.1) is 11.1 Å². The third kappa shape index (κ3) is 3.52. The first-order valence-corrected chi connectivity index (χ1v) is 8.80. The van der Waals surface area contributed by atoms with Crippen molar-refractivity contribution in [1.29, 1.82) is 0 Å². The van der Waals surface area contributed by atoms with Crippen LogP contribution in [0.1, 0.15) is 18.4 Å². The molecule has 21 heavy (non-hydrogen) atoms. The highest BCUT2D eigenvalue weighted by Crippen LogP contribution is 2.32. The van der Waals surface area contributed by atoms with Crippen molar-refractivity contribution in [2.75, 3.05) is 20.2 Å². The topological polar surface area (TPSA) is 72.6 Å². The van der Waals surface area contributed by atoms with E-state index < -0.39 is 10.0 Å². The highest BCUT2D eigenvalue weighted by molar-refractivity contribution is 7.89. The van der Waals surface area contributed by atoms with Gasteiger partial charge in [-0.15, -0.1) is 0 Å². The molecule has 1 fully saturated rings. The number of methoxy groups -OCH3 is 1. The second-order valence-corrected chi connectivity index (χ2v) is 7.66. The van der Waals surface area contributed by atoms with Crippen LogP contribution < -0.4 is 5.73 Å². The van der Waals surface area contributed by atoms with E-state index in [9.17, 15) is 8.42 Å². The Morgan fingerprint density at radius 1 is 1.43 bits per heavy atom. The molecule has 0 saturated carbocycles. The molecule has 1 aliphatic heterocycles. The predicted octanol–water partition coefficient (Wildman–Crippen LogP) is 2.25. The first-order valence-electron chi connectivity index (χ1n) is 6.61. The van der Waals surface area contributed by atoms with Crippen LogP contribution in [0.25, 0.3) is 0 Å². The van der Waals surface area contributed by atoms with Crippen molar-refractivity contribution in [3.05, 3.63) is 27.7 Å². The average molecular weight is 353 g/mol. The van der Waals surface area contributed by atoms with E-state index in [1.165, 1.54) is 10.4 Å². The molecule has 1 aliphatic rings. The minimum Gasteiger partial charge on any atom is -0.380 e. The van der Waals surface area contributed by atoms with Crippen molar-refractivity contribution < 1.29 is 13.2 Å². The van der Waals surface area contributed by atoms with E-state index >= 15 is 0 Å². The molecular weight excluding hydrogens is 335 g/mol. The van der Waals surface area contributed by atoms with Crippen molar-refractivity contribution >= 4 is 33.2 Å². The van der Waals surface area contributed by atoms with Gasteiger partial charge in [0.15, 0.2) is 0 Å². The maximum Gasteiger partial charge on any atom is 0.244 e. The van der Waals surface area contributed by atoms with Crippen LogP contribution in [0.15, 0.2) is 17.0 Å². The number of ether oxygens (including phenoxy) is 1. The minimum absolute atomic E-state index is 0.00821. The van der Waals surface area contributed by atoms with E-state index in [0.717, 1.165) is 12.8 Å². The Hall–Kier alpha value is -0.370. The number of piperidine rings is 1. The van der Waals surface area contributed by atoms with Crippen molar-refractivity contribution in [3.8, 4) is 0 Å². The van der Waals surface area contributed by atoms with Crippen LogP contribution in [0.4, 0.5) is 0 Å². The molecule has 8 heteroatoms. The van der Waals surface area contributed by atoms with Crippen LogP contribution in [-0.2, 0) is 21.3 Å². The Morgan fingerprint density at radius 2 is 2.14 bits per heavy atom. The van der Waals surface area contributed by atoms with Gasteiger partial charge in [-0.1, -0.05) is 23.2 Å². The van der Waals surface area contributed by atoms with Gasteiger partial charge in [-0.2, -0.15) is 4.31 Å². The molecule has 0 radical (unpaired) electrons. The molecule has 1 aromatic rings. The number of sulfonamides is 1. The summed E-state index contributed by atoms with van der Waals surface area (Å²) in [7, 11) is -2.13. The Balaban J connectivity index is 2.42. The van der Waals surface area contributed by atoms with Crippen LogP contribution in [-0.4, -0.2) is 39.0 Å². The zero-order valence-corrected chi connectivity index (χ0v) is 14.0. The second kappa shape index (κ2) is 6.81. The normalized spacial score (nSPS) is 20.7. The van der Waals surface area contributed by atoms with E-state index in [1.54, 1.807) is 13.2 Å². The molecule has 0 aliphatic carbocycles. The Morgan fingerprint density at radius 3 is 2.76 bits per heavy atom. The van der Waals surface area contributed by atoms with Gasteiger partial charge < -0.3 is 10.5 Å². The van der Waals surface area contributed by atoms with Gasteiger partial charge in [0.1, 0.15) is 4.90 Å². The van der Waals surface area contributed by atoms with E-state index in [4.69, 9.17) is 33.7 Å². The summed E-state index contributed by atoms with van der Waals surface area (Å²) in [5, 5.41) is 0.445. The fourth-order valence-electron chi connectivity index (χ4n) is 2.41. The third-order valence-corrected chi connectivity index (χ3v) is 6.26. The fourth-order valence-corrected chi connectivity index (χ4v) is 4.84. The van der Waals surface area contributed by atoms with E-state index in [-0.39, 0.29) is 22.6 Å². The lowest BCUT2D eigenvalue weighted by atomic mass is 10.1. The first-order chi connectivity index (χ1) is 9.90. The van der Waals surface area contributed by atoms with Crippen molar-refractivity contribution in [2.24, 2.45) is 5.73 Å². The molecule has 1 aromatic carbocycles. The van der Waals surface area contributed by atoms with Gasteiger partial charge >= 0.3 is 0 Å². The monoisotopic (exact) mass is 352 g/mol. The smallest absolute Gasteiger partial charge is 0.244 e.